The molecule has 0 saturated carbocycles. The molecule has 2 heteroatoms. The first-order valence-corrected chi connectivity index (χ1v) is 9.63. The van der Waals surface area contributed by atoms with Gasteiger partial charge in [-0.2, -0.15) is 0 Å². The molecule has 134 valence electrons. The zero-order valence-corrected chi connectivity index (χ0v) is 16.2. The summed E-state index contributed by atoms with van der Waals surface area (Å²) in [4.78, 5) is 2.24. The van der Waals surface area contributed by atoms with E-state index in [1.165, 1.54) is 35.1 Å². The zero-order chi connectivity index (χ0) is 17.9. The quantitative estimate of drug-likeness (QED) is 0.833. The van der Waals surface area contributed by atoms with Crippen molar-refractivity contribution in [2.24, 2.45) is 0 Å². The van der Waals surface area contributed by atoms with Crippen LogP contribution in [0.1, 0.15) is 54.9 Å². The van der Waals surface area contributed by atoms with Crippen LogP contribution in [0, 0.1) is 0 Å². The standard InChI is InChI=1S/C23H32N2/c1-5-10-18-17-19-11-6-8-13-21(19)23(2,24-15-16-25(3)4)22-14-9-7-12-20(18)22/h6-9,11-14,18,24H,5,10,15-17H2,1-4H3/t18-,23+/m1/s1. The Kier molecular flexibility index (Phi) is 5.61. The van der Waals surface area contributed by atoms with Crippen LogP contribution in [0.25, 0.3) is 0 Å². The van der Waals surface area contributed by atoms with Crippen LogP contribution in [0.2, 0.25) is 0 Å². The minimum Gasteiger partial charge on any atom is -0.308 e. The summed E-state index contributed by atoms with van der Waals surface area (Å²) in [5.74, 6) is 0.611. The van der Waals surface area contributed by atoms with E-state index in [1.54, 1.807) is 0 Å². The van der Waals surface area contributed by atoms with E-state index < -0.39 is 0 Å². The average Bonchev–Trinajstić information content (AvgIpc) is 2.70. The fraction of sp³-hybridized carbons (Fsp3) is 0.478. The SMILES string of the molecule is CCC[C@@H]1Cc2ccccc2[C@](C)(NCCN(C)C)c2ccccc21. The number of nitrogens with zero attached hydrogens (tertiary/aromatic N) is 1. The van der Waals surface area contributed by atoms with E-state index in [1.807, 2.05) is 0 Å². The minimum atomic E-state index is -0.133. The van der Waals surface area contributed by atoms with Crippen molar-refractivity contribution in [1.29, 1.82) is 0 Å². The van der Waals surface area contributed by atoms with E-state index in [0.29, 0.717) is 5.92 Å². The van der Waals surface area contributed by atoms with E-state index in [0.717, 1.165) is 19.5 Å². The van der Waals surface area contributed by atoms with Crippen LogP contribution in [0.3, 0.4) is 0 Å². The summed E-state index contributed by atoms with van der Waals surface area (Å²) >= 11 is 0. The second-order valence-electron chi connectivity index (χ2n) is 7.79. The third-order valence-corrected chi connectivity index (χ3v) is 5.64. The van der Waals surface area contributed by atoms with Crippen molar-refractivity contribution >= 4 is 0 Å². The van der Waals surface area contributed by atoms with Crippen molar-refractivity contribution in [3.05, 3.63) is 70.8 Å². The predicted molar refractivity (Wildman–Crippen MR) is 107 cm³/mol. The van der Waals surface area contributed by atoms with E-state index >= 15 is 0 Å². The molecule has 0 saturated heterocycles. The molecule has 0 unspecified atom stereocenters. The van der Waals surface area contributed by atoms with Gasteiger partial charge in [0.05, 0.1) is 5.54 Å². The highest BCUT2D eigenvalue weighted by atomic mass is 15.1. The second kappa shape index (κ2) is 7.72. The maximum atomic E-state index is 3.90. The summed E-state index contributed by atoms with van der Waals surface area (Å²) < 4.78 is 0. The lowest BCUT2D eigenvalue weighted by Crippen LogP contribution is -2.44. The van der Waals surface area contributed by atoms with Crippen molar-refractivity contribution in [2.45, 2.75) is 44.6 Å². The molecule has 3 rings (SSSR count). The van der Waals surface area contributed by atoms with Gasteiger partial charge in [0, 0.05) is 13.1 Å². The van der Waals surface area contributed by atoms with Crippen molar-refractivity contribution in [3.8, 4) is 0 Å². The van der Waals surface area contributed by atoms with Crippen LogP contribution in [0.15, 0.2) is 48.5 Å². The molecule has 2 atom stereocenters. The zero-order valence-electron chi connectivity index (χ0n) is 16.2. The van der Waals surface area contributed by atoms with Gasteiger partial charge in [-0.25, -0.2) is 0 Å². The lowest BCUT2D eigenvalue weighted by molar-refractivity contribution is 0.357. The van der Waals surface area contributed by atoms with Gasteiger partial charge in [0.2, 0.25) is 0 Å². The maximum Gasteiger partial charge on any atom is 0.0667 e. The molecule has 0 heterocycles. The lowest BCUT2D eigenvalue weighted by Gasteiger charge is -2.34. The van der Waals surface area contributed by atoms with Gasteiger partial charge >= 0.3 is 0 Å². The molecule has 0 spiro atoms. The van der Waals surface area contributed by atoms with Gasteiger partial charge in [0.25, 0.3) is 0 Å². The Hall–Kier alpha value is -1.64. The number of benzene rings is 2. The Bertz CT molecular complexity index is 707. The van der Waals surface area contributed by atoms with E-state index in [9.17, 15) is 0 Å². The van der Waals surface area contributed by atoms with Gasteiger partial charge in [-0.1, -0.05) is 61.9 Å². The number of likely N-dealkylation sites (N-methyl/N-ethyl adjacent to an activating group) is 1. The molecule has 1 aliphatic carbocycles. The largest absolute Gasteiger partial charge is 0.308 e. The van der Waals surface area contributed by atoms with Crippen molar-refractivity contribution in [2.75, 3.05) is 27.2 Å². The maximum absolute atomic E-state index is 3.90. The fourth-order valence-corrected chi connectivity index (χ4v) is 4.34. The summed E-state index contributed by atoms with van der Waals surface area (Å²) in [5, 5.41) is 3.90. The topological polar surface area (TPSA) is 15.3 Å². The average molecular weight is 337 g/mol. The Morgan fingerprint density at radius 1 is 1.04 bits per heavy atom. The fourth-order valence-electron chi connectivity index (χ4n) is 4.34. The summed E-state index contributed by atoms with van der Waals surface area (Å²) in [7, 11) is 4.27. The van der Waals surface area contributed by atoms with Crippen molar-refractivity contribution < 1.29 is 0 Å². The Labute approximate surface area is 153 Å². The van der Waals surface area contributed by atoms with Crippen LogP contribution in [0.4, 0.5) is 0 Å². The molecule has 0 amide bonds. The summed E-state index contributed by atoms with van der Waals surface area (Å²) in [6, 6.07) is 18.1. The molecule has 0 bridgehead atoms. The van der Waals surface area contributed by atoms with Gasteiger partial charge in [0.15, 0.2) is 0 Å². The van der Waals surface area contributed by atoms with E-state index in [-0.39, 0.29) is 5.54 Å². The molecule has 0 fully saturated rings. The van der Waals surface area contributed by atoms with Crippen LogP contribution in [0.5, 0.6) is 0 Å². The van der Waals surface area contributed by atoms with Gasteiger partial charge in [-0.3, -0.25) is 0 Å². The molecule has 1 N–H and O–H groups in total. The molecule has 2 nitrogen and oxygen atoms in total. The Morgan fingerprint density at radius 3 is 2.44 bits per heavy atom. The van der Waals surface area contributed by atoms with Crippen molar-refractivity contribution in [1.82, 2.24) is 10.2 Å². The molecule has 0 radical (unpaired) electrons. The Morgan fingerprint density at radius 2 is 1.72 bits per heavy atom. The van der Waals surface area contributed by atoms with Gasteiger partial charge in [-0.05, 0) is 62.0 Å². The van der Waals surface area contributed by atoms with Crippen LogP contribution < -0.4 is 5.32 Å². The smallest absolute Gasteiger partial charge is 0.0667 e. The third-order valence-electron chi connectivity index (χ3n) is 5.64. The number of hydrogen-bond donors (Lipinski definition) is 1. The number of nitrogens with one attached hydrogen (secondary N) is 1. The number of fused-ring (bicyclic) bond motifs is 2. The van der Waals surface area contributed by atoms with Crippen LogP contribution in [-0.4, -0.2) is 32.1 Å². The highest BCUT2D eigenvalue weighted by Gasteiger charge is 2.36. The molecule has 0 aromatic heterocycles. The first-order chi connectivity index (χ1) is 12.1. The third kappa shape index (κ3) is 3.65. The molecule has 2 aromatic carbocycles. The first-order valence-electron chi connectivity index (χ1n) is 9.63. The van der Waals surface area contributed by atoms with Gasteiger partial charge < -0.3 is 10.2 Å². The molecule has 0 aliphatic heterocycles. The Balaban J connectivity index is 2.10. The first kappa shape index (κ1) is 18.2. The van der Waals surface area contributed by atoms with Gasteiger partial charge in [-0.15, -0.1) is 0 Å². The number of hydrogen-bond acceptors (Lipinski definition) is 2. The van der Waals surface area contributed by atoms with E-state index in [4.69, 9.17) is 0 Å². The van der Waals surface area contributed by atoms with E-state index in [2.05, 4.69) is 86.7 Å². The van der Waals surface area contributed by atoms with Crippen LogP contribution >= 0.6 is 0 Å². The molecule has 25 heavy (non-hydrogen) atoms. The highest BCUT2D eigenvalue weighted by molar-refractivity contribution is 5.50. The monoisotopic (exact) mass is 336 g/mol. The predicted octanol–water partition coefficient (Wildman–Crippen LogP) is 4.54. The lowest BCUT2D eigenvalue weighted by atomic mass is 9.81. The summed E-state index contributed by atoms with van der Waals surface area (Å²) in [6.45, 7) is 6.69. The minimum absolute atomic E-state index is 0.133. The van der Waals surface area contributed by atoms with Crippen LogP contribution in [-0.2, 0) is 12.0 Å². The molecule has 2 aromatic rings. The highest BCUT2D eigenvalue weighted by Crippen LogP contribution is 2.42. The van der Waals surface area contributed by atoms with Crippen molar-refractivity contribution in [3.63, 3.8) is 0 Å². The summed E-state index contributed by atoms with van der Waals surface area (Å²) in [6.07, 6.45) is 3.62. The number of rotatable bonds is 6. The molecular formula is C23H32N2. The second-order valence-corrected chi connectivity index (χ2v) is 7.79. The van der Waals surface area contributed by atoms with Gasteiger partial charge in [0.1, 0.15) is 0 Å². The summed E-state index contributed by atoms with van der Waals surface area (Å²) in [5.41, 5.74) is 5.79. The normalized spacial score (nSPS) is 22.4. The molecular weight excluding hydrogens is 304 g/mol. The molecule has 1 aliphatic rings.